The molecule has 7 heteroatoms. The summed E-state index contributed by atoms with van der Waals surface area (Å²) < 4.78 is 6.45. The van der Waals surface area contributed by atoms with Crippen LogP contribution in [0.25, 0.3) is 0 Å². The van der Waals surface area contributed by atoms with E-state index < -0.39 is 5.72 Å². The van der Waals surface area contributed by atoms with Crippen LogP contribution in [-0.2, 0) is 0 Å². The first-order valence-corrected chi connectivity index (χ1v) is 10.9. The summed E-state index contributed by atoms with van der Waals surface area (Å²) in [4.78, 5) is 17.8. The lowest BCUT2D eigenvalue weighted by Gasteiger charge is -2.55. The molecule has 1 aromatic heterocycles. The molecule has 1 fully saturated rings. The van der Waals surface area contributed by atoms with Gasteiger partial charge in [0, 0.05) is 22.7 Å². The first kappa shape index (κ1) is 18.6. The monoisotopic (exact) mass is 440 g/mol. The second-order valence-electron chi connectivity index (χ2n) is 7.29. The van der Waals surface area contributed by atoms with Crippen LogP contribution in [0, 0.1) is 0 Å². The Morgan fingerprint density at radius 3 is 2.72 bits per heavy atom. The van der Waals surface area contributed by atoms with E-state index in [1.54, 1.807) is 11.0 Å². The van der Waals surface area contributed by atoms with Crippen molar-refractivity contribution in [3.8, 4) is 5.75 Å². The van der Waals surface area contributed by atoms with Gasteiger partial charge in [0.15, 0.2) is 10.8 Å². The Morgan fingerprint density at radius 1 is 1.21 bits per heavy atom. The largest absolute Gasteiger partial charge is 0.467 e. The van der Waals surface area contributed by atoms with Crippen molar-refractivity contribution in [1.82, 2.24) is 4.90 Å². The molecule has 0 unspecified atom stereocenters. The molecule has 4 nitrogen and oxygen atoms in total. The van der Waals surface area contributed by atoms with Crippen LogP contribution in [0.2, 0.25) is 5.02 Å². The van der Waals surface area contributed by atoms with Crippen molar-refractivity contribution in [3.05, 3.63) is 81.5 Å². The second-order valence-corrected chi connectivity index (χ2v) is 9.03. The van der Waals surface area contributed by atoms with Gasteiger partial charge in [-0.1, -0.05) is 35.9 Å². The van der Waals surface area contributed by atoms with Crippen LogP contribution in [0.5, 0.6) is 5.75 Å². The number of amides is 1. The van der Waals surface area contributed by atoms with Gasteiger partial charge in [-0.25, -0.2) is 0 Å². The third-order valence-corrected chi connectivity index (χ3v) is 6.85. The van der Waals surface area contributed by atoms with Crippen LogP contribution in [0.1, 0.15) is 34.6 Å². The Morgan fingerprint density at radius 2 is 2.00 bits per heavy atom. The lowest BCUT2D eigenvalue weighted by atomic mass is 9.88. The summed E-state index contributed by atoms with van der Waals surface area (Å²) in [5, 5.41) is 2.93. The highest BCUT2D eigenvalue weighted by atomic mass is 35.5. The number of ether oxygens (including phenoxy) is 1. The molecule has 146 valence electrons. The molecule has 0 N–H and O–H groups in total. The van der Waals surface area contributed by atoms with Gasteiger partial charge in [0.1, 0.15) is 5.75 Å². The number of hydrogen-bond acceptors (Lipinski definition) is 4. The Hall–Kier alpha value is -2.41. The number of fused-ring (bicyclic) bond motifs is 4. The highest BCUT2D eigenvalue weighted by Crippen LogP contribution is 2.50. The van der Waals surface area contributed by atoms with E-state index in [0.717, 1.165) is 17.0 Å². The highest BCUT2D eigenvalue weighted by molar-refractivity contribution is 7.80. The molecule has 2 aromatic carbocycles. The average molecular weight is 441 g/mol. The van der Waals surface area contributed by atoms with Crippen LogP contribution in [0.4, 0.5) is 5.69 Å². The van der Waals surface area contributed by atoms with Gasteiger partial charge in [-0.3, -0.25) is 14.6 Å². The second kappa shape index (κ2) is 6.83. The standard InChI is InChI=1S/C22H17ClN2O2S2/c1-22-13-17(16-12-14(23)9-10-18(16)27-22)24(20(26)19-8-5-11-29-19)21(28)25(22)15-6-3-2-4-7-15/h2-12,17H,13H2,1H3/t17-,22-/m0/s1. The van der Waals surface area contributed by atoms with E-state index in [1.165, 1.54) is 11.3 Å². The molecule has 0 radical (unpaired) electrons. The van der Waals surface area contributed by atoms with Gasteiger partial charge in [-0.2, -0.15) is 0 Å². The molecule has 5 rings (SSSR count). The molecular formula is C22H17ClN2O2S2. The fourth-order valence-electron chi connectivity index (χ4n) is 4.14. The van der Waals surface area contributed by atoms with Crippen molar-refractivity contribution in [3.63, 3.8) is 0 Å². The number of hydrogen-bond donors (Lipinski definition) is 0. The van der Waals surface area contributed by atoms with E-state index in [9.17, 15) is 4.79 Å². The topological polar surface area (TPSA) is 32.8 Å². The van der Waals surface area contributed by atoms with Crippen molar-refractivity contribution in [2.75, 3.05) is 4.90 Å². The molecule has 2 bridgehead atoms. The molecule has 0 aliphatic carbocycles. The summed E-state index contributed by atoms with van der Waals surface area (Å²) in [6.07, 6.45) is 0.576. The van der Waals surface area contributed by atoms with Crippen LogP contribution in [0.15, 0.2) is 66.0 Å². The summed E-state index contributed by atoms with van der Waals surface area (Å²) in [6, 6.07) is 18.8. The maximum absolute atomic E-state index is 13.5. The molecule has 2 aliphatic heterocycles. The number of rotatable bonds is 2. The van der Waals surface area contributed by atoms with E-state index in [-0.39, 0.29) is 11.9 Å². The van der Waals surface area contributed by atoms with Crippen molar-refractivity contribution in [1.29, 1.82) is 0 Å². The predicted molar refractivity (Wildman–Crippen MR) is 120 cm³/mol. The SMILES string of the molecule is C[C@@]12C[C@@H](c3cc(Cl)ccc3O1)N(C(=O)c1cccs1)C(=S)N2c1ccccc1. The van der Waals surface area contributed by atoms with E-state index in [1.807, 2.05) is 71.8 Å². The minimum absolute atomic E-state index is 0.106. The van der Waals surface area contributed by atoms with Crippen molar-refractivity contribution < 1.29 is 9.53 Å². The minimum atomic E-state index is -0.712. The van der Waals surface area contributed by atoms with Crippen molar-refractivity contribution >= 4 is 51.9 Å². The van der Waals surface area contributed by atoms with Gasteiger partial charge < -0.3 is 4.74 Å². The Labute approximate surface area is 183 Å². The van der Waals surface area contributed by atoms with E-state index >= 15 is 0 Å². The molecule has 0 saturated carbocycles. The van der Waals surface area contributed by atoms with E-state index in [2.05, 4.69) is 0 Å². The lowest BCUT2D eigenvalue weighted by Crippen LogP contribution is -2.67. The Balaban J connectivity index is 1.70. The normalized spacial score (nSPS) is 22.8. The molecule has 29 heavy (non-hydrogen) atoms. The number of carbonyl (C=O) groups excluding carboxylic acids is 1. The minimum Gasteiger partial charge on any atom is -0.467 e. The summed E-state index contributed by atoms with van der Waals surface area (Å²) >= 11 is 13.6. The first-order chi connectivity index (χ1) is 14.0. The fourth-order valence-corrected chi connectivity index (χ4v) is 5.49. The number of nitrogens with zero attached hydrogens (tertiary/aromatic N) is 2. The number of thiocarbonyl (C=S) groups is 1. The number of anilines is 1. The summed E-state index contributed by atoms with van der Waals surface area (Å²) in [5.74, 6) is 0.617. The number of para-hydroxylation sites is 1. The van der Waals surface area contributed by atoms with Crippen LogP contribution < -0.4 is 9.64 Å². The number of benzene rings is 2. The molecule has 1 saturated heterocycles. The molecule has 2 atom stereocenters. The number of carbonyl (C=O) groups is 1. The zero-order chi connectivity index (χ0) is 20.2. The van der Waals surface area contributed by atoms with Gasteiger partial charge in [0.25, 0.3) is 5.91 Å². The maximum atomic E-state index is 13.5. The van der Waals surface area contributed by atoms with Gasteiger partial charge in [0.2, 0.25) is 0 Å². The van der Waals surface area contributed by atoms with Crippen LogP contribution >= 0.6 is 35.2 Å². The van der Waals surface area contributed by atoms with Crippen LogP contribution in [-0.4, -0.2) is 21.6 Å². The highest BCUT2D eigenvalue weighted by Gasteiger charge is 2.53. The predicted octanol–water partition coefficient (Wildman–Crippen LogP) is 5.89. The summed E-state index contributed by atoms with van der Waals surface area (Å²) in [6.45, 7) is 2.02. The van der Waals surface area contributed by atoms with Crippen LogP contribution in [0.3, 0.4) is 0 Å². The van der Waals surface area contributed by atoms with E-state index in [0.29, 0.717) is 21.4 Å². The molecule has 2 aliphatic rings. The molecule has 3 heterocycles. The van der Waals surface area contributed by atoms with Crippen molar-refractivity contribution in [2.24, 2.45) is 0 Å². The smallest absolute Gasteiger partial charge is 0.270 e. The zero-order valence-electron chi connectivity index (χ0n) is 15.5. The third-order valence-electron chi connectivity index (χ3n) is 5.38. The average Bonchev–Trinajstić information content (AvgIpc) is 3.24. The first-order valence-electron chi connectivity index (χ1n) is 9.23. The molecular weight excluding hydrogens is 424 g/mol. The summed E-state index contributed by atoms with van der Waals surface area (Å²) in [7, 11) is 0. The fraction of sp³-hybridized carbons (Fsp3) is 0.182. The zero-order valence-corrected chi connectivity index (χ0v) is 17.9. The Kier molecular flexibility index (Phi) is 4.38. The lowest BCUT2D eigenvalue weighted by molar-refractivity contribution is 0.0186. The third kappa shape index (κ3) is 2.94. The number of halogens is 1. The van der Waals surface area contributed by atoms with Gasteiger partial charge >= 0.3 is 0 Å². The molecule has 0 spiro atoms. The van der Waals surface area contributed by atoms with Crippen molar-refractivity contribution in [2.45, 2.75) is 25.1 Å². The molecule has 1 amide bonds. The Bertz CT molecular complexity index is 1100. The number of thiophene rings is 1. The van der Waals surface area contributed by atoms with E-state index in [4.69, 9.17) is 28.6 Å². The van der Waals surface area contributed by atoms with Gasteiger partial charge in [-0.15, -0.1) is 11.3 Å². The quantitative estimate of drug-likeness (QED) is 0.465. The molecule has 3 aromatic rings. The van der Waals surface area contributed by atoms with Gasteiger partial charge in [0.05, 0.1) is 10.9 Å². The maximum Gasteiger partial charge on any atom is 0.270 e. The van der Waals surface area contributed by atoms with Gasteiger partial charge in [-0.05, 0) is 60.9 Å². The summed E-state index contributed by atoms with van der Waals surface area (Å²) in [5.41, 5.74) is 1.06.